The Morgan fingerprint density at radius 1 is 1.06 bits per heavy atom. The van der Waals surface area contributed by atoms with Crippen LogP contribution in [0, 0.1) is 0 Å². The standard InChI is InChI=1S/C26H29BN2O6/c1-25(2)26(3,4)35-27(34-25)18-7-5-6-16(12-18)15-33-19-8-9-20-17(13-19)14-29(24(20)32)21-10-11-22(30)28-23(21)31/h5-9,12-13,21H,10-11,14-15H2,1-4H3,(H,28,30,31). The number of piperidine rings is 1. The number of imide groups is 1. The van der Waals surface area contributed by atoms with E-state index in [1.807, 2.05) is 58.0 Å². The van der Waals surface area contributed by atoms with Crippen molar-refractivity contribution in [3.05, 3.63) is 59.2 Å². The maximum Gasteiger partial charge on any atom is 0.494 e. The van der Waals surface area contributed by atoms with Crippen LogP contribution in [0.3, 0.4) is 0 Å². The topological polar surface area (TPSA) is 94.2 Å². The molecule has 1 atom stereocenters. The second-order valence-electron chi connectivity index (χ2n) is 10.3. The Morgan fingerprint density at radius 3 is 2.51 bits per heavy atom. The molecule has 0 aliphatic carbocycles. The lowest BCUT2D eigenvalue weighted by molar-refractivity contribution is -0.136. The van der Waals surface area contributed by atoms with E-state index in [9.17, 15) is 14.4 Å². The van der Waals surface area contributed by atoms with E-state index >= 15 is 0 Å². The van der Waals surface area contributed by atoms with E-state index in [-0.39, 0.29) is 18.2 Å². The van der Waals surface area contributed by atoms with Crippen molar-refractivity contribution >= 4 is 30.3 Å². The van der Waals surface area contributed by atoms with E-state index in [0.29, 0.717) is 30.9 Å². The van der Waals surface area contributed by atoms with Crippen molar-refractivity contribution in [2.75, 3.05) is 0 Å². The fraction of sp³-hybridized carbons (Fsp3) is 0.423. The number of hydrogen-bond acceptors (Lipinski definition) is 6. The summed E-state index contributed by atoms with van der Waals surface area (Å²) in [5.41, 5.74) is 2.46. The summed E-state index contributed by atoms with van der Waals surface area (Å²) < 4.78 is 18.3. The van der Waals surface area contributed by atoms with Crippen LogP contribution >= 0.6 is 0 Å². The van der Waals surface area contributed by atoms with E-state index in [1.165, 1.54) is 4.90 Å². The fourth-order valence-corrected chi connectivity index (χ4v) is 4.62. The zero-order chi connectivity index (χ0) is 25.0. The van der Waals surface area contributed by atoms with Gasteiger partial charge in [-0.15, -0.1) is 0 Å². The average Bonchev–Trinajstić information content (AvgIpc) is 3.24. The zero-order valence-electron chi connectivity index (χ0n) is 20.4. The van der Waals surface area contributed by atoms with Crippen LogP contribution in [0.15, 0.2) is 42.5 Å². The second-order valence-corrected chi connectivity index (χ2v) is 10.3. The number of ether oxygens (including phenoxy) is 1. The summed E-state index contributed by atoms with van der Waals surface area (Å²) in [4.78, 5) is 38.1. The van der Waals surface area contributed by atoms with Crippen LogP contribution in [0.5, 0.6) is 5.75 Å². The molecule has 0 bridgehead atoms. The lowest BCUT2D eigenvalue weighted by Gasteiger charge is -2.32. The largest absolute Gasteiger partial charge is 0.494 e. The van der Waals surface area contributed by atoms with Gasteiger partial charge in [0.05, 0.1) is 11.2 Å². The van der Waals surface area contributed by atoms with Gasteiger partial charge in [0.2, 0.25) is 11.8 Å². The molecule has 1 N–H and O–H groups in total. The van der Waals surface area contributed by atoms with Gasteiger partial charge in [-0.05, 0) is 68.9 Å². The smallest absolute Gasteiger partial charge is 0.489 e. The number of fused-ring (bicyclic) bond motifs is 1. The second kappa shape index (κ2) is 8.50. The molecule has 5 rings (SSSR count). The van der Waals surface area contributed by atoms with E-state index in [0.717, 1.165) is 16.6 Å². The van der Waals surface area contributed by atoms with Gasteiger partial charge in [0.1, 0.15) is 18.4 Å². The first-order valence-electron chi connectivity index (χ1n) is 11.9. The van der Waals surface area contributed by atoms with E-state index < -0.39 is 30.3 Å². The van der Waals surface area contributed by atoms with Crippen LogP contribution in [0.2, 0.25) is 0 Å². The molecular weight excluding hydrogens is 447 g/mol. The Hall–Kier alpha value is -3.17. The molecule has 3 aliphatic heterocycles. The molecule has 8 nitrogen and oxygen atoms in total. The summed E-state index contributed by atoms with van der Waals surface area (Å²) in [7, 11) is -0.441. The van der Waals surface area contributed by atoms with Crippen molar-refractivity contribution in [3.8, 4) is 5.75 Å². The Morgan fingerprint density at radius 2 is 1.80 bits per heavy atom. The highest BCUT2D eigenvalue weighted by atomic mass is 16.7. The van der Waals surface area contributed by atoms with Crippen molar-refractivity contribution in [2.24, 2.45) is 0 Å². The Balaban J connectivity index is 1.25. The molecule has 0 spiro atoms. The van der Waals surface area contributed by atoms with Crippen molar-refractivity contribution in [2.45, 2.75) is 70.9 Å². The molecule has 3 amide bonds. The van der Waals surface area contributed by atoms with Crippen LogP contribution in [-0.4, -0.2) is 47.0 Å². The first kappa shape index (κ1) is 23.6. The highest BCUT2D eigenvalue weighted by Gasteiger charge is 2.51. The first-order valence-corrected chi connectivity index (χ1v) is 11.9. The van der Waals surface area contributed by atoms with Crippen LogP contribution in [-0.2, 0) is 32.0 Å². The molecule has 0 aromatic heterocycles. The lowest BCUT2D eigenvalue weighted by Crippen LogP contribution is -2.52. The summed E-state index contributed by atoms with van der Waals surface area (Å²) in [5.74, 6) is -0.270. The molecule has 35 heavy (non-hydrogen) atoms. The minimum atomic E-state index is -0.630. The molecular formula is C26H29BN2O6. The van der Waals surface area contributed by atoms with Crippen LogP contribution in [0.25, 0.3) is 0 Å². The van der Waals surface area contributed by atoms with E-state index in [1.54, 1.807) is 12.1 Å². The highest BCUT2D eigenvalue weighted by Crippen LogP contribution is 2.36. The van der Waals surface area contributed by atoms with Gasteiger partial charge < -0.3 is 18.9 Å². The molecule has 9 heteroatoms. The SMILES string of the molecule is CC1(C)OB(c2cccc(COc3ccc4c(c3)CN(C3CCC(=O)NC3=O)C4=O)c2)OC1(C)C. The molecule has 3 heterocycles. The minimum absolute atomic E-state index is 0.198. The summed E-state index contributed by atoms with van der Waals surface area (Å²) in [6.45, 7) is 8.77. The van der Waals surface area contributed by atoms with Crippen molar-refractivity contribution in [1.29, 1.82) is 0 Å². The van der Waals surface area contributed by atoms with Gasteiger partial charge in [-0.1, -0.05) is 24.3 Å². The van der Waals surface area contributed by atoms with Gasteiger partial charge in [-0.2, -0.15) is 0 Å². The summed E-state index contributed by atoms with van der Waals surface area (Å²) in [6.07, 6.45) is 0.572. The molecule has 182 valence electrons. The van der Waals surface area contributed by atoms with Gasteiger partial charge >= 0.3 is 7.12 Å². The van der Waals surface area contributed by atoms with Crippen LogP contribution in [0.1, 0.15) is 62.0 Å². The van der Waals surface area contributed by atoms with E-state index in [2.05, 4.69) is 5.32 Å². The summed E-state index contributed by atoms with van der Waals surface area (Å²) in [5, 5.41) is 2.32. The molecule has 2 aromatic carbocycles. The molecule has 0 saturated carbocycles. The Kier molecular flexibility index (Phi) is 5.72. The average molecular weight is 476 g/mol. The van der Waals surface area contributed by atoms with Gasteiger partial charge in [0, 0.05) is 18.5 Å². The van der Waals surface area contributed by atoms with Gasteiger partial charge in [0.25, 0.3) is 5.91 Å². The molecule has 0 radical (unpaired) electrons. The van der Waals surface area contributed by atoms with Gasteiger partial charge in [-0.25, -0.2) is 0 Å². The number of benzene rings is 2. The maximum absolute atomic E-state index is 12.9. The maximum atomic E-state index is 12.9. The van der Waals surface area contributed by atoms with E-state index in [4.69, 9.17) is 14.0 Å². The first-order chi connectivity index (χ1) is 16.5. The predicted octanol–water partition coefficient (Wildman–Crippen LogP) is 2.33. The molecule has 3 aliphatic rings. The summed E-state index contributed by atoms with van der Waals surface area (Å²) in [6, 6.07) is 12.7. The number of nitrogens with one attached hydrogen (secondary N) is 1. The van der Waals surface area contributed by atoms with Crippen LogP contribution < -0.4 is 15.5 Å². The number of carbonyl (C=O) groups is 3. The van der Waals surface area contributed by atoms with Gasteiger partial charge in [-0.3, -0.25) is 19.7 Å². The summed E-state index contributed by atoms with van der Waals surface area (Å²) >= 11 is 0. The lowest BCUT2D eigenvalue weighted by atomic mass is 9.78. The fourth-order valence-electron chi connectivity index (χ4n) is 4.62. The number of amides is 3. The number of hydrogen-bond donors (Lipinski definition) is 1. The third kappa shape index (κ3) is 4.34. The van der Waals surface area contributed by atoms with Crippen molar-refractivity contribution in [3.63, 3.8) is 0 Å². The predicted molar refractivity (Wildman–Crippen MR) is 129 cm³/mol. The zero-order valence-corrected chi connectivity index (χ0v) is 20.4. The third-order valence-corrected chi connectivity index (χ3v) is 7.38. The molecule has 2 fully saturated rings. The normalized spacial score (nSPS) is 22.9. The quantitative estimate of drug-likeness (QED) is 0.526. The molecule has 2 aromatic rings. The van der Waals surface area contributed by atoms with Crippen molar-refractivity contribution < 1.29 is 28.4 Å². The minimum Gasteiger partial charge on any atom is -0.489 e. The number of rotatable bonds is 5. The Labute approximate surface area is 205 Å². The molecule has 2 saturated heterocycles. The van der Waals surface area contributed by atoms with Gasteiger partial charge in [0.15, 0.2) is 0 Å². The monoisotopic (exact) mass is 476 g/mol. The Bertz CT molecular complexity index is 1190. The van der Waals surface area contributed by atoms with Crippen molar-refractivity contribution in [1.82, 2.24) is 10.2 Å². The molecule has 1 unspecified atom stereocenters. The van der Waals surface area contributed by atoms with Crippen LogP contribution in [0.4, 0.5) is 0 Å². The highest BCUT2D eigenvalue weighted by molar-refractivity contribution is 6.62. The number of carbonyl (C=O) groups excluding carboxylic acids is 3. The third-order valence-electron chi connectivity index (χ3n) is 7.38. The number of nitrogens with zero attached hydrogens (tertiary/aromatic N) is 1.